The second-order valence-electron chi connectivity index (χ2n) is 19.4. The van der Waals surface area contributed by atoms with Gasteiger partial charge in [-0.05, 0) is 121 Å². The zero-order valence-corrected chi connectivity index (χ0v) is 38.0. The molecule has 0 spiro atoms. The van der Waals surface area contributed by atoms with Crippen LogP contribution in [0.5, 0.6) is 0 Å². The fourth-order valence-corrected chi connectivity index (χ4v) is 11.3. The SMILES string of the molecule is CC1(C)c2cc(-c3cccc(-c4ccc5c(c4)C(C)(C)c4cc(-n6c7ccccc7c7ccccc76)ccc4-5)c3)ccc2-c2ccc(-c3cc(-c4ccccc4)nc(-c4ccccc4)n3)cc21. The highest BCUT2D eigenvalue weighted by atomic mass is 15.0. The number of hydrogen-bond donors (Lipinski definition) is 0. The molecule has 0 saturated carbocycles. The van der Waals surface area contributed by atoms with Crippen LogP contribution in [0, 0.1) is 0 Å². The van der Waals surface area contributed by atoms with Gasteiger partial charge in [0.15, 0.2) is 5.82 Å². The van der Waals surface area contributed by atoms with E-state index in [1.165, 1.54) is 94.3 Å². The molecule has 0 atom stereocenters. The van der Waals surface area contributed by atoms with E-state index in [-0.39, 0.29) is 10.8 Å². The summed E-state index contributed by atoms with van der Waals surface area (Å²) in [6.07, 6.45) is 0. The summed E-state index contributed by atoms with van der Waals surface area (Å²) in [5.41, 5.74) is 23.8. The summed E-state index contributed by atoms with van der Waals surface area (Å²) >= 11 is 0. The van der Waals surface area contributed by atoms with Gasteiger partial charge in [0.2, 0.25) is 0 Å². The lowest BCUT2D eigenvalue weighted by Gasteiger charge is -2.23. The fourth-order valence-electron chi connectivity index (χ4n) is 11.3. The molecule has 2 aromatic heterocycles. The first-order valence-corrected chi connectivity index (χ1v) is 23.4. The van der Waals surface area contributed by atoms with E-state index in [1.54, 1.807) is 0 Å². The second kappa shape index (κ2) is 14.7. The van der Waals surface area contributed by atoms with Crippen LogP contribution in [0.25, 0.3) is 106 Å². The molecule has 0 aliphatic heterocycles. The summed E-state index contributed by atoms with van der Waals surface area (Å²) in [6.45, 7) is 9.50. The highest BCUT2D eigenvalue weighted by Gasteiger charge is 2.37. The maximum Gasteiger partial charge on any atom is 0.160 e. The van der Waals surface area contributed by atoms with E-state index in [0.717, 1.165) is 33.9 Å². The van der Waals surface area contributed by atoms with Crippen LogP contribution in [0.4, 0.5) is 0 Å². The summed E-state index contributed by atoms with van der Waals surface area (Å²) < 4.78 is 2.43. The van der Waals surface area contributed by atoms with Crippen LogP contribution in [0.3, 0.4) is 0 Å². The first kappa shape index (κ1) is 39.2. The van der Waals surface area contributed by atoms with E-state index in [4.69, 9.17) is 9.97 Å². The normalized spacial score (nSPS) is 13.9. The Morgan fingerprint density at radius 3 is 1.27 bits per heavy atom. The Kier molecular flexibility index (Phi) is 8.60. The number of benzene rings is 9. The molecule has 0 radical (unpaired) electrons. The minimum atomic E-state index is -0.214. The molecule has 9 aromatic carbocycles. The molecule has 0 N–H and O–H groups in total. The van der Waals surface area contributed by atoms with Crippen molar-refractivity contribution in [2.75, 3.05) is 0 Å². The number of para-hydroxylation sites is 2. The minimum absolute atomic E-state index is 0.171. The molecule has 3 nitrogen and oxygen atoms in total. The van der Waals surface area contributed by atoms with Crippen LogP contribution in [-0.2, 0) is 10.8 Å². The maximum absolute atomic E-state index is 5.17. The summed E-state index contributed by atoms with van der Waals surface area (Å²) in [7, 11) is 0. The Morgan fingerprint density at radius 2 is 0.716 bits per heavy atom. The fraction of sp³-hybridized carbons (Fsp3) is 0.0938. The highest BCUT2D eigenvalue weighted by molar-refractivity contribution is 6.09. The number of rotatable bonds is 6. The first-order valence-electron chi connectivity index (χ1n) is 23.4. The largest absolute Gasteiger partial charge is 0.309 e. The molecular formula is C64H47N3. The van der Waals surface area contributed by atoms with Crippen molar-refractivity contribution in [3.8, 4) is 84.1 Å². The van der Waals surface area contributed by atoms with Gasteiger partial charge in [-0.2, -0.15) is 0 Å². The van der Waals surface area contributed by atoms with Crippen LogP contribution in [0.15, 0.2) is 212 Å². The highest BCUT2D eigenvalue weighted by Crippen LogP contribution is 2.52. The Hall–Kier alpha value is -8.14. The minimum Gasteiger partial charge on any atom is -0.309 e. The van der Waals surface area contributed by atoms with Gasteiger partial charge in [0, 0.05) is 44.0 Å². The molecule has 2 aliphatic rings. The van der Waals surface area contributed by atoms with Crippen molar-refractivity contribution in [2.24, 2.45) is 0 Å². The molecule has 3 heteroatoms. The summed E-state index contributed by atoms with van der Waals surface area (Å²) in [4.78, 5) is 10.2. The van der Waals surface area contributed by atoms with Crippen molar-refractivity contribution < 1.29 is 0 Å². The van der Waals surface area contributed by atoms with E-state index in [9.17, 15) is 0 Å². The molecule has 318 valence electrons. The lowest BCUT2D eigenvalue weighted by molar-refractivity contribution is 0.660. The van der Waals surface area contributed by atoms with E-state index in [2.05, 4.69) is 220 Å². The van der Waals surface area contributed by atoms with Crippen LogP contribution >= 0.6 is 0 Å². The van der Waals surface area contributed by atoms with Crippen molar-refractivity contribution in [1.29, 1.82) is 0 Å². The third-order valence-electron chi connectivity index (χ3n) is 14.8. The standard InChI is InChI=1S/C64H47N3/c1-63(2)54-35-44(26-30-48(54)50-32-28-46(37-56(50)63)59-39-58(40-16-7-5-8-17-40)65-62(66-59)41-18-9-6-10-19-41)42-20-15-21-43(34-42)45-27-31-49-51-33-29-47(38-57(51)64(3,4)55(49)36-45)67-60-24-13-11-22-52(60)53-23-12-14-25-61(53)67/h5-39H,1-4H3. The van der Waals surface area contributed by atoms with Crippen molar-refractivity contribution in [3.05, 3.63) is 235 Å². The average molecular weight is 858 g/mol. The second-order valence-corrected chi connectivity index (χ2v) is 19.4. The van der Waals surface area contributed by atoms with E-state index >= 15 is 0 Å². The van der Waals surface area contributed by atoms with E-state index in [0.29, 0.717) is 0 Å². The molecule has 67 heavy (non-hydrogen) atoms. The number of fused-ring (bicyclic) bond motifs is 9. The molecule has 0 unspecified atom stereocenters. The van der Waals surface area contributed by atoms with Gasteiger partial charge in [0.05, 0.1) is 22.4 Å². The quantitative estimate of drug-likeness (QED) is 0.167. The molecule has 13 rings (SSSR count). The smallest absolute Gasteiger partial charge is 0.160 e. The number of nitrogens with zero attached hydrogens (tertiary/aromatic N) is 3. The van der Waals surface area contributed by atoms with Gasteiger partial charge in [0.1, 0.15) is 0 Å². The predicted octanol–water partition coefficient (Wildman–Crippen LogP) is 16.5. The maximum atomic E-state index is 5.17. The molecule has 2 aliphatic carbocycles. The van der Waals surface area contributed by atoms with Crippen molar-refractivity contribution in [2.45, 2.75) is 38.5 Å². The molecule has 11 aromatic rings. The third kappa shape index (κ3) is 6.11. The lowest BCUT2D eigenvalue weighted by Crippen LogP contribution is -2.15. The van der Waals surface area contributed by atoms with Crippen LogP contribution in [-0.4, -0.2) is 14.5 Å². The third-order valence-corrected chi connectivity index (χ3v) is 14.8. The topological polar surface area (TPSA) is 30.7 Å². The van der Waals surface area contributed by atoms with Gasteiger partial charge < -0.3 is 4.57 Å². The van der Waals surface area contributed by atoms with Gasteiger partial charge in [-0.15, -0.1) is 0 Å². The zero-order chi connectivity index (χ0) is 45.0. The average Bonchev–Trinajstić information content (AvgIpc) is 3.92. The molecule has 0 amide bonds. The van der Waals surface area contributed by atoms with E-state index < -0.39 is 0 Å². The monoisotopic (exact) mass is 857 g/mol. The Balaban J connectivity index is 0.824. The molecule has 0 fully saturated rings. The van der Waals surface area contributed by atoms with Crippen LogP contribution < -0.4 is 0 Å². The van der Waals surface area contributed by atoms with E-state index in [1.807, 2.05) is 24.3 Å². The first-order chi connectivity index (χ1) is 32.7. The number of hydrogen-bond acceptors (Lipinski definition) is 2. The van der Waals surface area contributed by atoms with Crippen molar-refractivity contribution in [1.82, 2.24) is 14.5 Å². The van der Waals surface area contributed by atoms with Gasteiger partial charge in [0.25, 0.3) is 0 Å². The van der Waals surface area contributed by atoms with Crippen molar-refractivity contribution >= 4 is 21.8 Å². The Labute approximate surface area is 391 Å². The molecule has 0 saturated heterocycles. The van der Waals surface area contributed by atoms with Gasteiger partial charge in [-0.1, -0.05) is 185 Å². The molecular weight excluding hydrogens is 811 g/mol. The van der Waals surface area contributed by atoms with Crippen molar-refractivity contribution in [3.63, 3.8) is 0 Å². The molecule has 2 heterocycles. The lowest BCUT2D eigenvalue weighted by atomic mass is 9.80. The van der Waals surface area contributed by atoms with Gasteiger partial charge >= 0.3 is 0 Å². The van der Waals surface area contributed by atoms with Crippen LogP contribution in [0.1, 0.15) is 49.9 Å². The van der Waals surface area contributed by atoms with Crippen LogP contribution in [0.2, 0.25) is 0 Å². The predicted molar refractivity (Wildman–Crippen MR) is 279 cm³/mol. The molecule has 0 bridgehead atoms. The summed E-state index contributed by atoms with van der Waals surface area (Å²) in [5.74, 6) is 0.727. The summed E-state index contributed by atoms with van der Waals surface area (Å²) in [5, 5.41) is 2.57. The zero-order valence-electron chi connectivity index (χ0n) is 38.0. The Morgan fingerprint density at radius 1 is 0.313 bits per heavy atom. The van der Waals surface area contributed by atoms with Gasteiger partial charge in [-0.25, -0.2) is 9.97 Å². The van der Waals surface area contributed by atoms with Gasteiger partial charge in [-0.3, -0.25) is 0 Å². The number of aromatic nitrogens is 3. The summed E-state index contributed by atoms with van der Waals surface area (Å²) in [6, 6.07) is 77.6. The Bertz CT molecular complexity index is 3690.